The fraction of sp³-hybridized carbons (Fsp3) is 0.158. The molecular formula is C19H16ClN5O2. The number of fused-ring (bicyclic) bond motifs is 2. The summed E-state index contributed by atoms with van der Waals surface area (Å²) in [5.41, 5.74) is 1.15. The monoisotopic (exact) mass is 381 g/mol. The molecule has 0 unspecified atom stereocenters. The molecule has 4 aromatic rings. The number of amides is 1. The van der Waals surface area contributed by atoms with Crippen molar-refractivity contribution in [1.29, 1.82) is 0 Å². The lowest BCUT2D eigenvalue weighted by Gasteiger charge is -2.06. The zero-order valence-corrected chi connectivity index (χ0v) is 15.0. The van der Waals surface area contributed by atoms with Crippen molar-refractivity contribution in [2.24, 2.45) is 0 Å². The van der Waals surface area contributed by atoms with Crippen molar-refractivity contribution >= 4 is 34.1 Å². The van der Waals surface area contributed by atoms with Crippen molar-refractivity contribution in [1.82, 2.24) is 24.9 Å². The number of hydrogen-bond donors (Lipinski definition) is 2. The van der Waals surface area contributed by atoms with Gasteiger partial charge in [-0.05, 0) is 36.8 Å². The average molecular weight is 382 g/mol. The van der Waals surface area contributed by atoms with Crippen LogP contribution >= 0.6 is 11.6 Å². The Kier molecular flexibility index (Phi) is 4.60. The molecule has 0 spiro atoms. The fourth-order valence-corrected chi connectivity index (χ4v) is 3.14. The number of benzene rings is 1. The molecule has 3 heterocycles. The van der Waals surface area contributed by atoms with Crippen LogP contribution in [0.3, 0.4) is 0 Å². The lowest BCUT2D eigenvalue weighted by molar-refractivity contribution is 0.0952. The Morgan fingerprint density at radius 1 is 1.22 bits per heavy atom. The summed E-state index contributed by atoms with van der Waals surface area (Å²) in [5, 5.41) is 12.0. The minimum absolute atomic E-state index is 0.0813. The summed E-state index contributed by atoms with van der Waals surface area (Å²) in [6, 6.07) is 10.6. The number of aryl methyl sites for hydroxylation is 1. The number of pyridine rings is 2. The molecule has 0 fully saturated rings. The Hall–Kier alpha value is -3.19. The third-order valence-corrected chi connectivity index (χ3v) is 4.57. The molecule has 0 aliphatic rings. The van der Waals surface area contributed by atoms with E-state index in [0.29, 0.717) is 35.3 Å². The van der Waals surface area contributed by atoms with E-state index >= 15 is 0 Å². The first-order chi connectivity index (χ1) is 13.1. The van der Waals surface area contributed by atoms with E-state index in [1.165, 1.54) is 6.20 Å². The predicted molar refractivity (Wildman–Crippen MR) is 103 cm³/mol. The maximum Gasteiger partial charge on any atom is 0.256 e. The van der Waals surface area contributed by atoms with Gasteiger partial charge in [-0.25, -0.2) is 0 Å². The van der Waals surface area contributed by atoms with E-state index in [9.17, 15) is 9.59 Å². The number of hydrogen-bond acceptors (Lipinski definition) is 4. The molecule has 0 radical (unpaired) electrons. The topological polar surface area (TPSA) is 92.2 Å². The third-order valence-electron chi connectivity index (χ3n) is 4.33. The van der Waals surface area contributed by atoms with Gasteiger partial charge in [0.1, 0.15) is 11.4 Å². The number of nitrogens with one attached hydrogen (secondary N) is 2. The van der Waals surface area contributed by atoms with Crippen molar-refractivity contribution in [2.75, 3.05) is 6.54 Å². The Balaban J connectivity index is 1.41. The largest absolute Gasteiger partial charge is 0.360 e. The second-order valence-corrected chi connectivity index (χ2v) is 6.56. The van der Waals surface area contributed by atoms with Crippen molar-refractivity contribution < 1.29 is 4.79 Å². The third kappa shape index (κ3) is 3.41. The van der Waals surface area contributed by atoms with Crippen LogP contribution in [-0.2, 0) is 6.42 Å². The van der Waals surface area contributed by atoms with Gasteiger partial charge in [0.2, 0.25) is 5.43 Å². The SMILES string of the molecule is O=C(NCCCc1nnc2ccccn12)c1c[nH]c2cc(Cl)ccc2c1=O. The van der Waals surface area contributed by atoms with Crippen LogP contribution in [0.5, 0.6) is 0 Å². The number of halogens is 1. The highest BCUT2D eigenvalue weighted by atomic mass is 35.5. The number of nitrogens with zero attached hydrogens (tertiary/aromatic N) is 3. The van der Waals surface area contributed by atoms with Gasteiger partial charge in [-0.3, -0.25) is 14.0 Å². The van der Waals surface area contributed by atoms with Crippen LogP contribution < -0.4 is 10.7 Å². The molecule has 27 heavy (non-hydrogen) atoms. The Morgan fingerprint density at radius 2 is 2.11 bits per heavy atom. The molecule has 0 saturated carbocycles. The van der Waals surface area contributed by atoms with E-state index in [1.54, 1.807) is 18.2 Å². The summed E-state index contributed by atoms with van der Waals surface area (Å²) >= 11 is 5.92. The fourth-order valence-electron chi connectivity index (χ4n) is 2.97. The number of rotatable bonds is 5. The van der Waals surface area contributed by atoms with Crippen molar-refractivity contribution in [2.45, 2.75) is 12.8 Å². The molecule has 0 atom stereocenters. The summed E-state index contributed by atoms with van der Waals surface area (Å²) in [4.78, 5) is 27.8. The summed E-state index contributed by atoms with van der Waals surface area (Å²) < 4.78 is 1.92. The lowest BCUT2D eigenvalue weighted by atomic mass is 10.1. The van der Waals surface area contributed by atoms with Gasteiger partial charge in [-0.1, -0.05) is 17.7 Å². The highest BCUT2D eigenvalue weighted by Gasteiger charge is 2.13. The number of H-pyrrole nitrogens is 1. The van der Waals surface area contributed by atoms with Crippen molar-refractivity contribution in [3.63, 3.8) is 0 Å². The zero-order chi connectivity index (χ0) is 18.8. The second kappa shape index (κ2) is 7.20. The van der Waals surface area contributed by atoms with Crippen LogP contribution in [0.25, 0.3) is 16.6 Å². The Bertz CT molecular complexity index is 1200. The lowest BCUT2D eigenvalue weighted by Crippen LogP contribution is -2.29. The predicted octanol–water partition coefficient (Wildman–Crippen LogP) is 2.59. The summed E-state index contributed by atoms with van der Waals surface area (Å²) in [7, 11) is 0. The van der Waals surface area contributed by atoms with Crippen molar-refractivity contribution in [3.05, 3.63) is 75.4 Å². The van der Waals surface area contributed by atoms with Crippen LogP contribution in [0.1, 0.15) is 22.6 Å². The molecule has 0 bridgehead atoms. The summed E-state index contributed by atoms with van der Waals surface area (Å²) in [5.74, 6) is 0.430. The van der Waals surface area contributed by atoms with Gasteiger partial charge in [-0.2, -0.15) is 0 Å². The number of carbonyl (C=O) groups excluding carboxylic acids is 1. The first kappa shape index (κ1) is 17.2. The quantitative estimate of drug-likeness (QED) is 0.520. The van der Waals surface area contributed by atoms with Crippen LogP contribution in [0.4, 0.5) is 0 Å². The molecule has 0 saturated heterocycles. The maximum atomic E-state index is 12.5. The van der Waals surface area contributed by atoms with Gasteiger partial charge in [0, 0.05) is 35.8 Å². The molecule has 136 valence electrons. The van der Waals surface area contributed by atoms with Crippen molar-refractivity contribution in [3.8, 4) is 0 Å². The van der Waals surface area contributed by atoms with E-state index in [2.05, 4.69) is 20.5 Å². The molecule has 2 N–H and O–H groups in total. The number of carbonyl (C=O) groups is 1. The smallest absolute Gasteiger partial charge is 0.256 e. The summed E-state index contributed by atoms with van der Waals surface area (Å²) in [6.07, 6.45) is 4.67. The first-order valence-electron chi connectivity index (χ1n) is 8.51. The zero-order valence-electron chi connectivity index (χ0n) is 14.3. The average Bonchev–Trinajstić information content (AvgIpc) is 3.08. The summed E-state index contributed by atoms with van der Waals surface area (Å²) in [6.45, 7) is 0.429. The highest BCUT2D eigenvalue weighted by Crippen LogP contribution is 2.15. The van der Waals surface area contributed by atoms with Gasteiger partial charge >= 0.3 is 0 Å². The van der Waals surface area contributed by atoms with Crippen LogP contribution in [0, 0.1) is 0 Å². The van der Waals surface area contributed by atoms with Gasteiger partial charge in [0.15, 0.2) is 5.65 Å². The standard InChI is InChI=1S/C19H16ClN5O2/c20-12-6-7-13-15(10-12)22-11-14(18(13)26)19(27)21-8-3-5-17-24-23-16-4-1-2-9-25(16)17/h1-2,4,6-7,9-11H,3,5,8H2,(H,21,27)(H,22,26). The normalized spacial score (nSPS) is 11.1. The number of aromatic nitrogens is 4. The molecule has 7 nitrogen and oxygen atoms in total. The van der Waals surface area contributed by atoms with Gasteiger partial charge in [0.25, 0.3) is 5.91 Å². The molecule has 0 aliphatic carbocycles. The van der Waals surface area contributed by atoms with Gasteiger partial charge in [0.05, 0.1) is 5.52 Å². The van der Waals surface area contributed by atoms with Gasteiger partial charge < -0.3 is 10.3 Å². The molecule has 1 amide bonds. The molecule has 8 heteroatoms. The number of aromatic amines is 1. The van der Waals surface area contributed by atoms with E-state index in [-0.39, 0.29) is 11.0 Å². The van der Waals surface area contributed by atoms with E-state index < -0.39 is 5.91 Å². The maximum absolute atomic E-state index is 12.5. The molecule has 0 aliphatic heterocycles. The van der Waals surface area contributed by atoms with Crippen LogP contribution in [0.2, 0.25) is 5.02 Å². The molecular weight excluding hydrogens is 366 g/mol. The molecule has 4 rings (SSSR count). The minimum Gasteiger partial charge on any atom is -0.360 e. The van der Waals surface area contributed by atoms with Gasteiger partial charge in [-0.15, -0.1) is 10.2 Å². The van der Waals surface area contributed by atoms with E-state index in [4.69, 9.17) is 11.6 Å². The Morgan fingerprint density at radius 3 is 3.00 bits per heavy atom. The van der Waals surface area contributed by atoms with Crippen LogP contribution in [0.15, 0.2) is 53.6 Å². The Labute approximate surface area is 159 Å². The molecule has 3 aromatic heterocycles. The van der Waals surface area contributed by atoms with E-state index in [1.807, 2.05) is 28.8 Å². The first-order valence-corrected chi connectivity index (χ1v) is 8.89. The minimum atomic E-state index is -0.404. The van der Waals surface area contributed by atoms with E-state index in [0.717, 1.165) is 11.5 Å². The second-order valence-electron chi connectivity index (χ2n) is 6.13. The highest BCUT2D eigenvalue weighted by molar-refractivity contribution is 6.31. The molecule has 1 aromatic carbocycles. The van der Waals surface area contributed by atoms with Crippen LogP contribution in [-0.4, -0.2) is 32.0 Å².